The molecule has 0 aromatic heterocycles. The van der Waals surface area contributed by atoms with Gasteiger partial charge in [-0.15, -0.1) is 18.0 Å². The van der Waals surface area contributed by atoms with Crippen molar-refractivity contribution in [3.8, 4) is 11.5 Å². The van der Waals surface area contributed by atoms with E-state index in [9.17, 15) is 5.11 Å². The molecule has 2 aromatic rings. The zero-order valence-corrected chi connectivity index (χ0v) is 17.4. The molecule has 0 aliphatic carbocycles. The van der Waals surface area contributed by atoms with Gasteiger partial charge in [-0.2, -0.15) is 0 Å². The van der Waals surface area contributed by atoms with Crippen LogP contribution in [0.5, 0.6) is 0 Å². The van der Waals surface area contributed by atoms with Crippen LogP contribution in [0, 0.1) is 17.4 Å². The summed E-state index contributed by atoms with van der Waals surface area (Å²) < 4.78 is 0. The van der Waals surface area contributed by atoms with Gasteiger partial charge < -0.3 is 5.11 Å². The number of hydrogen-bond donors (Lipinski definition) is 1. The summed E-state index contributed by atoms with van der Waals surface area (Å²) in [5.41, 5.74) is 3.71. The van der Waals surface area contributed by atoms with E-state index in [4.69, 9.17) is 0 Å². The molecule has 1 nitrogen and oxygen atoms in total. The number of aliphatic hydroxyl groups is 1. The van der Waals surface area contributed by atoms with Gasteiger partial charge in [-0.25, -0.2) is 0 Å². The summed E-state index contributed by atoms with van der Waals surface area (Å²) in [5, 5.41) is 12.9. The Balaban J connectivity index is 2.60. The molecular weight excluding hydrogens is 332 g/mol. The summed E-state index contributed by atoms with van der Waals surface area (Å²) in [5.74, 6) is 3.40. The smallest absolute Gasteiger partial charge is 0.204 e. The van der Waals surface area contributed by atoms with Gasteiger partial charge in [-0.1, -0.05) is 94.4 Å². The van der Waals surface area contributed by atoms with Crippen LogP contribution in [0.3, 0.4) is 0 Å². The van der Waals surface area contributed by atoms with E-state index in [-0.39, 0.29) is 11.0 Å². The molecule has 0 amide bonds. The normalized spacial score (nSPS) is 14.0. The van der Waals surface area contributed by atoms with Crippen LogP contribution in [-0.2, 0) is 0 Å². The predicted octanol–water partition coefficient (Wildman–Crippen LogP) is 4.17. The maximum Gasteiger partial charge on any atom is 0.204 e. The van der Waals surface area contributed by atoms with Crippen LogP contribution in [0.2, 0.25) is 5.04 Å². The fourth-order valence-corrected chi connectivity index (χ4v) is 7.85. The number of rotatable bonds is 5. The van der Waals surface area contributed by atoms with Gasteiger partial charge in [0.15, 0.2) is 0 Å². The van der Waals surface area contributed by atoms with E-state index in [0.717, 1.165) is 0 Å². The second-order valence-electron chi connectivity index (χ2n) is 7.90. The molecule has 0 saturated carbocycles. The van der Waals surface area contributed by atoms with Gasteiger partial charge in [0, 0.05) is 12.3 Å². The van der Waals surface area contributed by atoms with Crippen molar-refractivity contribution in [2.45, 2.75) is 45.3 Å². The molecule has 2 heteroatoms. The Morgan fingerprint density at radius 1 is 1.00 bits per heavy atom. The maximum atomic E-state index is 10.3. The lowest BCUT2D eigenvalue weighted by molar-refractivity contribution is 0.143. The fraction of sp³-hybridized carbons (Fsp3) is 0.333. The highest BCUT2D eigenvalue weighted by atomic mass is 28.3. The Morgan fingerprint density at radius 2 is 1.46 bits per heavy atom. The van der Waals surface area contributed by atoms with Gasteiger partial charge in [0.1, 0.15) is 0 Å². The third-order valence-corrected chi connectivity index (χ3v) is 10.3. The van der Waals surface area contributed by atoms with E-state index in [1.807, 2.05) is 6.92 Å². The zero-order valence-electron chi connectivity index (χ0n) is 16.4. The number of hydrogen-bond acceptors (Lipinski definition) is 1. The maximum absolute atomic E-state index is 10.3. The van der Waals surface area contributed by atoms with Crippen molar-refractivity contribution in [1.82, 2.24) is 0 Å². The summed E-state index contributed by atoms with van der Waals surface area (Å²) in [4.78, 5) is 0. The molecule has 2 rings (SSSR count). The Labute approximate surface area is 159 Å². The second-order valence-corrected chi connectivity index (χ2v) is 12.3. The quantitative estimate of drug-likeness (QED) is 0.481. The lowest BCUT2D eigenvalue weighted by Crippen LogP contribution is -2.63. The molecule has 0 unspecified atom stereocenters. The van der Waals surface area contributed by atoms with Crippen LogP contribution in [0.4, 0.5) is 0 Å². The van der Waals surface area contributed by atoms with Crippen molar-refractivity contribution in [1.29, 1.82) is 0 Å². The summed E-state index contributed by atoms with van der Waals surface area (Å²) in [6, 6.07) is 21.3. The van der Waals surface area contributed by atoms with Crippen molar-refractivity contribution in [2.24, 2.45) is 5.92 Å². The largest absolute Gasteiger partial charge is 0.392 e. The summed E-state index contributed by atoms with van der Waals surface area (Å²) in [7, 11) is -2.36. The van der Waals surface area contributed by atoms with E-state index in [2.05, 4.69) is 99.5 Å². The lowest BCUT2D eigenvalue weighted by atomic mass is 10.0. The monoisotopic (exact) mass is 362 g/mol. The molecule has 0 aliphatic heterocycles. The topological polar surface area (TPSA) is 20.2 Å². The molecule has 0 fully saturated rings. The van der Waals surface area contributed by atoms with Gasteiger partial charge in [0.25, 0.3) is 0 Å². The minimum absolute atomic E-state index is 0.0116. The van der Waals surface area contributed by atoms with E-state index < -0.39 is 14.2 Å². The number of aliphatic hydroxyl groups excluding tert-OH is 1. The molecule has 1 N–H and O–H groups in total. The van der Waals surface area contributed by atoms with Crippen LogP contribution >= 0.6 is 0 Å². The molecule has 0 heterocycles. The average Bonchev–Trinajstić information content (AvgIpc) is 2.64. The van der Waals surface area contributed by atoms with E-state index in [1.54, 1.807) is 6.08 Å². The van der Waals surface area contributed by atoms with E-state index in [0.29, 0.717) is 6.42 Å². The first-order chi connectivity index (χ1) is 12.3. The van der Waals surface area contributed by atoms with Gasteiger partial charge >= 0.3 is 0 Å². The highest BCUT2D eigenvalue weighted by molar-refractivity contribution is 7.10. The summed E-state index contributed by atoms with van der Waals surface area (Å²) in [6.45, 7) is 12.6. The molecule has 2 atom stereocenters. The van der Waals surface area contributed by atoms with E-state index >= 15 is 0 Å². The first kappa shape index (κ1) is 20.2. The van der Waals surface area contributed by atoms with Crippen molar-refractivity contribution in [3.05, 3.63) is 73.3 Å². The van der Waals surface area contributed by atoms with Gasteiger partial charge in [0.05, 0.1) is 6.10 Å². The third-order valence-electron chi connectivity index (χ3n) is 5.10. The molecule has 0 saturated heterocycles. The summed E-state index contributed by atoms with van der Waals surface area (Å²) in [6.07, 6.45) is 1.78. The fourth-order valence-electron chi connectivity index (χ4n) is 3.37. The lowest BCUT2D eigenvalue weighted by Gasteiger charge is -2.39. The summed E-state index contributed by atoms with van der Waals surface area (Å²) >= 11 is 0. The third kappa shape index (κ3) is 4.18. The molecule has 0 aliphatic rings. The minimum Gasteiger partial charge on any atom is -0.392 e. The van der Waals surface area contributed by atoms with Gasteiger partial charge in [-0.05, 0) is 15.4 Å². The molecule has 0 radical (unpaired) electrons. The Kier molecular flexibility index (Phi) is 6.64. The van der Waals surface area contributed by atoms with Crippen LogP contribution in [0.25, 0.3) is 0 Å². The van der Waals surface area contributed by atoms with Crippen LogP contribution < -0.4 is 10.4 Å². The van der Waals surface area contributed by atoms with Gasteiger partial charge in [-0.3, -0.25) is 0 Å². The van der Waals surface area contributed by atoms with Crippen molar-refractivity contribution in [3.63, 3.8) is 0 Å². The minimum atomic E-state index is -2.36. The molecule has 2 aromatic carbocycles. The molecule has 0 bridgehead atoms. The van der Waals surface area contributed by atoms with Gasteiger partial charge in [0.2, 0.25) is 8.07 Å². The van der Waals surface area contributed by atoms with Crippen molar-refractivity contribution in [2.75, 3.05) is 0 Å². The molecule has 26 heavy (non-hydrogen) atoms. The molecule has 0 spiro atoms. The Hall–Kier alpha value is -2.08. The molecule has 136 valence electrons. The Morgan fingerprint density at radius 3 is 1.85 bits per heavy atom. The number of benzene rings is 2. The highest BCUT2D eigenvalue weighted by Crippen LogP contribution is 2.35. The molecular formula is C24H30OSi. The first-order valence-corrected chi connectivity index (χ1v) is 11.2. The standard InChI is InChI=1S/C24H30OSi/c1-6-20(2)23(25)18-13-19-26(24(3,4)5,21-14-9-7-10-15-21)22-16-11-8-12-17-22/h6-12,14-17,20,23,25H,1,18H2,2-5H3/t20-,23-/m0/s1. The highest BCUT2D eigenvalue weighted by Gasteiger charge is 2.46. The average molecular weight is 363 g/mol. The van der Waals surface area contributed by atoms with Crippen LogP contribution in [0.15, 0.2) is 73.3 Å². The second kappa shape index (κ2) is 8.53. The van der Waals surface area contributed by atoms with Crippen LogP contribution in [0.1, 0.15) is 34.1 Å². The zero-order chi connectivity index (χ0) is 19.2. The van der Waals surface area contributed by atoms with Crippen molar-refractivity contribution >= 4 is 18.4 Å². The van der Waals surface area contributed by atoms with E-state index in [1.165, 1.54) is 10.4 Å². The SMILES string of the molecule is C=C[C@H](C)[C@@H](O)CC#C[Si](c1ccccc1)(c1ccccc1)C(C)(C)C. The predicted molar refractivity (Wildman–Crippen MR) is 115 cm³/mol. The Bertz CT molecular complexity index is 723. The van der Waals surface area contributed by atoms with Crippen LogP contribution in [-0.4, -0.2) is 19.3 Å². The van der Waals surface area contributed by atoms with Crippen molar-refractivity contribution < 1.29 is 5.11 Å². The first-order valence-electron chi connectivity index (χ1n) is 9.24.